The monoisotopic (exact) mass is 325 g/mol. The summed E-state index contributed by atoms with van der Waals surface area (Å²) in [5, 5.41) is 20.7. The van der Waals surface area contributed by atoms with Crippen molar-refractivity contribution in [2.75, 3.05) is 18.0 Å². The molecule has 1 aromatic rings. The van der Waals surface area contributed by atoms with Gasteiger partial charge in [-0.2, -0.15) is 0 Å². The molecule has 1 N–H and O–H groups in total. The number of anilines is 1. The topological polar surface area (TPSA) is 58.5 Å². The first-order valence-corrected chi connectivity index (χ1v) is 9.00. The van der Waals surface area contributed by atoms with Gasteiger partial charge in [0, 0.05) is 25.9 Å². The minimum atomic E-state index is -0.242. The number of aryl methyl sites for hydroxylation is 1. The maximum absolute atomic E-state index is 10.3. The van der Waals surface area contributed by atoms with Gasteiger partial charge in [-0.25, -0.2) is 0 Å². The van der Waals surface area contributed by atoms with Gasteiger partial charge >= 0.3 is 0 Å². The van der Waals surface area contributed by atoms with Gasteiger partial charge in [0.25, 0.3) is 0 Å². The summed E-state index contributed by atoms with van der Waals surface area (Å²) in [6.45, 7) is 10.4. The zero-order chi connectivity index (χ0) is 16.0. The van der Waals surface area contributed by atoms with Crippen LogP contribution in [-0.2, 0) is 4.74 Å². The molecule has 1 aromatic heterocycles. The van der Waals surface area contributed by atoms with Gasteiger partial charge in [-0.1, -0.05) is 32.1 Å². The molecule has 2 saturated heterocycles. The largest absolute Gasteiger partial charge is 0.393 e. The van der Waals surface area contributed by atoms with E-state index in [1.807, 2.05) is 6.92 Å². The summed E-state index contributed by atoms with van der Waals surface area (Å²) in [5.74, 6) is 0. The van der Waals surface area contributed by atoms with Gasteiger partial charge in [-0.05, 0) is 25.2 Å². The smallest absolute Gasteiger partial charge is 0.208 e. The Kier molecular flexibility index (Phi) is 4.20. The van der Waals surface area contributed by atoms with Gasteiger partial charge in [-0.15, -0.1) is 10.2 Å². The molecule has 3 rings (SSSR count). The average Bonchev–Trinajstić information content (AvgIpc) is 2.84. The molecule has 1 spiro atoms. The third-order valence-corrected chi connectivity index (χ3v) is 5.81. The highest BCUT2D eigenvalue weighted by Crippen LogP contribution is 2.43. The van der Waals surface area contributed by atoms with Crippen LogP contribution in [-0.4, -0.2) is 46.2 Å². The van der Waals surface area contributed by atoms with E-state index in [-0.39, 0.29) is 23.2 Å². The molecule has 0 unspecified atom stereocenters. The van der Waals surface area contributed by atoms with Crippen LogP contribution in [0.3, 0.4) is 0 Å². The number of aromatic nitrogens is 2. The number of hydrogen-bond donors (Lipinski definition) is 1. The van der Waals surface area contributed by atoms with Gasteiger partial charge < -0.3 is 14.7 Å². The van der Waals surface area contributed by atoms with Crippen molar-refractivity contribution < 1.29 is 9.84 Å². The lowest BCUT2D eigenvalue weighted by molar-refractivity contribution is -0.199. The van der Waals surface area contributed by atoms with E-state index in [1.54, 1.807) is 11.3 Å². The predicted octanol–water partition coefficient (Wildman–Crippen LogP) is 2.77. The second-order valence-corrected chi connectivity index (χ2v) is 9.00. The van der Waals surface area contributed by atoms with Crippen molar-refractivity contribution >= 4 is 16.5 Å². The van der Waals surface area contributed by atoms with Crippen molar-refractivity contribution in [3.63, 3.8) is 0 Å². The van der Waals surface area contributed by atoms with E-state index in [1.165, 1.54) is 0 Å². The lowest BCUT2D eigenvalue weighted by Crippen LogP contribution is -2.55. The number of ether oxygens (including phenoxy) is 1. The predicted molar refractivity (Wildman–Crippen MR) is 88.4 cm³/mol. The van der Waals surface area contributed by atoms with Crippen LogP contribution in [0.2, 0.25) is 0 Å². The average molecular weight is 325 g/mol. The second kappa shape index (κ2) is 5.73. The van der Waals surface area contributed by atoms with E-state index in [9.17, 15) is 5.11 Å². The Hall–Kier alpha value is -0.720. The quantitative estimate of drug-likeness (QED) is 0.860. The number of aliphatic hydroxyl groups excluding tert-OH is 1. The highest BCUT2D eigenvalue weighted by atomic mass is 32.1. The standard InChI is InChI=1S/C16H27N3O2S/c1-11-17-18-14(22-11)19-7-5-16(6-8-19)10-12(20)9-13(21-16)15(2,3)4/h12-13,20H,5-10H2,1-4H3/t12-,13-/m1/s1. The normalized spacial score (nSPS) is 29.0. The van der Waals surface area contributed by atoms with Gasteiger partial charge in [0.1, 0.15) is 5.01 Å². The lowest BCUT2D eigenvalue weighted by atomic mass is 9.76. The van der Waals surface area contributed by atoms with Crippen molar-refractivity contribution in [3.8, 4) is 0 Å². The van der Waals surface area contributed by atoms with E-state index >= 15 is 0 Å². The molecule has 0 aromatic carbocycles. The SMILES string of the molecule is Cc1nnc(N2CCC3(CC2)C[C@H](O)C[C@H](C(C)(C)C)O3)s1. The van der Waals surface area contributed by atoms with Crippen molar-refractivity contribution in [1.29, 1.82) is 0 Å². The second-order valence-electron chi connectivity index (χ2n) is 7.84. The number of rotatable bonds is 1. The minimum Gasteiger partial charge on any atom is -0.393 e. The minimum absolute atomic E-state index is 0.0713. The van der Waals surface area contributed by atoms with Crippen LogP contribution < -0.4 is 4.90 Å². The van der Waals surface area contributed by atoms with Crippen LogP contribution in [0.5, 0.6) is 0 Å². The third-order valence-electron chi connectivity index (χ3n) is 4.91. The molecule has 6 heteroatoms. The Morgan fingerprint density at radius 1 is 1.27 bits per heavy atom. The molecule has 0 bridgehead atoms. The summed E-state index contributed by atoms with van der Waals surface area (Å²) < 4.78 is 6.52. The molecular weight excluding hydrogens is 298 g/mol. The first-order chi connectivity index (χ1) is 10.3. The third kappa shape index (κ3) is 3.29. The maximum atomic E-state index is 10.3. The van der Waals surface area contributed by atoms with E-state index in [0.717, 1.165) is 48.9 Å². The summed E-state index contributed by atoms with van der Waals surface area (Å²) >= 11 is 1.65. The fourth-order valence-corrected chi connectivity index (χ4v) is 4.27. The van der Waals surface area contributed by atoms with Crippen molar-refractivity contribution in [1.82, 2.24) is 10.2 Å². The molecule has 3 heterocycles. The number of piperidine rings is 1. The van der Waals surface area contributed by atoms with Crippen LogP contribution >= 0.6 is 11.3 Å². The van der Waals surface area contributed by atoms with Gasteiger partial charge in [-0.3, -0.25) is 0 Å². The van der Waals surface area contributed by atoms with E-state index < -0.39 is 0 Å². The summed E-state index contributed by atoms with van der Waals surface area (Å²) in [5.41, 5.74) is -0.0896. The molecule has 2 aliphatic rings. The van der Waals surface area contributed by atoms with Crippen molar-refractivity contribution in [2.24, 2.45) is 5.41 Å². The van der Waals surface area contributed by atoms with Crippen LogP contribution in [0.4, 0.5) is 5.13 Å². The van der Waals surface area contributed by atoms with E-state index in [0.29, 0.717) is 0 Å². The van der Waals surface area contributed by atoms with E-state index in [2.05, 4.69) is 35.9 Å². The Balaban J connectivity index is 1.68. The number of aliphatic hydroxyl groups is 1. The molecule has 2 atom stereocenters. The molecule has 22 heavy (non-hydrogen) atoms. The molecule has 5 nitrogen and oxygen atoms in total. The van der Waals surface area contributed by atoms with Gasteiger partial charge in [0.05, 0.1) is 17.8 Å². The van der Waals surface area contributed by atoms with E-state index in [4.69, 9.17) is 4.74 Å². The fourth-order valence-electron chi connectivity index (χ4n) is 3.53. The summed E-state index contributed by atoms with van der Waals surface area (Å²) in [6, 6.07) is 0. The molecule has 124 valence electrons. The first kappa shape index (κ1) is 16.1. The Morgan fingerprint density at radius 2 is 1.95 bits per heavy atom. The fraction of sp³-hybridized carbons (Fsp3) is 0.875. The highest BCUT2D eigenvalue weighted by molar-refractivity contribution is 7.15. The number of nitrogens with zero attached hydrogens (tertiary/aromatic N) is 3. The summed E-state index contributed by atoms with van der Waals surface area (Å²) in [7, 11) is 0. The number of hydrogen-bond acceptors (Lipinski definition) is 6. The zero-order valence-electron chi connectivity index (χ0n) is 14.0. The van der Waals surface area contributed by atoms with Crippen LogP contribution in [0, 0.1) is 12.3 Å². The van der Waals surface area contributed by atoms with Crippen molar-refractivity contribution in [3.05, 3.63) is 5.01 Å². The molecule has 0 radical (unpaired) electrons. The Labute approximate surface area is 136 Å². The van der Waals surface area contributed by atoms with Gasteiger partial charge in [0.15, 0.2) is 0 Å². The van der Waals surface area contributed by atoms with Crippen LogP contribution in [0.25, 0.3) is 0 Å². The van der Waals surface area contributed by atoms with Crippen molar-refractivity contribution in [2.45, 2.75) is 71.2 Å². The Morgan fingerprint density at radius 3 is 2.50 bits per heavy atom. The molecule has 0 saturated carbocycles. The molecule has 2 fully saturated rings. The molecular formula is C16H27N3O2S. The van der Waals surface area contributed by atoms with Crippen LogP contribution in [0.15, 0.2) is 0 Å². The molecule has 2 aliphatic heterocycles. The molecule has 0 aliphatic carbocycles. The highest BCUT2D eigenvalue weighted by Gasteiger charge is 2.46. The summed E-state index contributed by atoms with van der Waals surface area (Å²) in [4.78, 5) is 2.30. The maximum Gasteiger partial charge on any atom is 0.208 e. The van der Waals surface area contributed by atoms with Crippen LogP contribution in [0.1, 0.15) is 51.5 Å². The Bertz CT molecular complexity index is 518. The zero-order valence-corrected chi connectivity index (χ0v) is 14.8. The van der Waals surface area contributed by atoms with Gasteiger partial charge in [0.2, 0.25) is 5.13 Å². The lowest BCUT2D eigenvalue weighted by Gasteiger charge is -2.50. The first-order valence-electron chi connectivity index (χ1n) is 8.18. The molecule has 0 amide bonds. The summed E-state index contributed by atoms with van der Waals surface area (Å²) in [6.07, 6.45) is 3.32.